The van der Waals surface area contributed by atoms with Gasteiger partial charge in [0.05, 0.1) is 11.1 Å². The van der Waals surface area contributed by atoms with Crippen LogP contribution < -0.4 is 0 Å². The van der Waals surface area contributed by atoms with E-state index in [-0.39, 0.29) is 11.7 Å². The number of aliphatic hydroxyl groups is 1. The molecule has 1 saturated heterocycles. The molecule has 20 heavy (non-hydrogen) atoms. The number of carbonyl (C=O) groups excluding carboxylic acids is 1. The number of nitrogens with zero attached hydrogens (tertiary/aromatic N) is 1. The zero-order valence-corrected chi connectivity index (χ0v) is 12.2. The van der Waals surface area contributed by atoms with Gasteiger partial charge in [-0.1, -0.05) is 11.6 Å². The van der Waals surface area contributed by atoms with Gasteiger partial charge in [-0.05, 0) is 31.0 Å². The van der Waals surface area contributed by atoms with Crippen molar-refractivity contribution in [2.75, 3.05) is 13.1 Å². The van der Waals surface area contributed by atoms with Crippen LogP contribution in [0.25, 0.3) is 10.1 Å². The molecule has 0 unspecified atom stereocenters. The number of rotatable bonds is 1. The molecule has 2 heterocycles. The summed E-state index contributed by atoms with van der Waals surface area (Å²) in [6, 6.07) is 4.30. The highest BCUT2D eigenvalue weighted by Crippen LogP contribution is 2.36. The van der Waals surface area contributed by atoms with E-state index >= 15 is 0 Å². The van der Waals surface area contributed by atoms with Gasteiger partial charge >= 0.3 is 0 Å². The predicted octanol–water partition coefficient (Wildman–Crippen LogP) is 3.29. The van der Waals surface area contributed by atoms with E-state index in [0.717, 1.165) is 12.8 Å². The Kier molecular flexibility index (Phi) is 3.67. The van der Waals surface area contributed by atoms with E-state index in [1.54, 1.807) is 11.0 Å². The van der Waals surface area contributed by atoms with Crippen LogP contribution in [0.1, 0.15) is 22.5 Å². The van der Waals surface area contributed by atoms with E-state index in [4.69, 9.17) is 11.6 Å². The quantitative estimate of drug-likeness (QED) is 0.877. The van der Waals surface area contributed by atoms with Crippen molar-refractivity contribution < 1.29 is 14.3 Å². The van der Waals surface area contributed by atoms with Gasteiger partial charge in [0, 0.05) is 23.2 Å². The van der Waals surface area contributed by atoms with E-state index in [1.165, 1.54) is 23.5 Å². The second-order valence-corrected chi connectivity index (χ2v) is 6.36. The molecule has 1 amide bonds. The third-order valence-corrected chi connectivity index (χ3v) is 5.11. The molecular formula is C14H13ClFNO2S. The normalized spacial score (nSPS) is 19.6. The monoisotopic (exact) mass is 313 g/mol. The minimum absolute atomic E-state index is 0.185. The molecule has 0 spiro atoms. The summed E-state index contributed by atoms with van der Waals surface area (Å²) in [5.74, 6) is -0.529. The number of fused-ring (bicyclic) bond motifs is 1. The first kappa shape index (κ1) is 13.8. The van der Waals surface area contributed by atoms with Crippen LogP contribution in [-0.4, -0.2) is 35.1 Å². The molecule has 3 rings (SSSR count). The zero-order chi connectivity index (χ0) is 14.3. The second kappa shape index (κ2) is 5.31. The van der Waals surface area contributed by atoms with E-state index in [1.807, 2.05) is 0 Å². The molecule has 1 aromatic heterocycles. The molecule has 0 aliphatic carbocycles. The predicted molar refractivity (Wildman–Crippen MR) is 77.9 cm³/mol. The fourth-order valence-corrected chi connectivity index (χ4v) is 3.96. The van der Waals surface area contributed by atoms with Crippen molar-refractivity contribution in [3.63, 3.8) is 0 Å². The molecule has 1 aromatic carbocycles. The van der Waals surface area contributed by atoms with Gasteiger partial charge in [0.25, 0.3) is 5.91 Å². The minimum atomic E-state index is -0.474. The van der Waals surface area contributed by atoms with Crippen LogP contribution >= 0.6 is 22.9 Å². The number of likely N-dealkylation sites (tertiary alicyclic amines) is 1. The summed E-state index contributed by atoms with van der Waals surface area (Å²) in [6.45, 7) is 0.951. The zero-order valence-electron chi connectivity index (χ0n) is 10.6. The van der Waals surface area contributed by atoms with E-state index in [2.05, 4.69) is 0 Å². The molecular weight excluding hydrogens is 301 g/mol. The number of hydrogen-bond donors (Lipinski definition) is 1. The number of aliphatic hydroxyl groups excluding tert-OH is 1. The first-order valence-electron chi connectivity index (χ1n) is 6.41. The molecule has 0 saturated carbocycles. The van der Waals surface area contributed by atoms with Gasteiger partial charge in [-0.3, -0.25) is 4.79 Å². The third kappa shape index (κ3) is 2.41. The number of thiophene rings is 1. The highest BCUT2D eigenvalue weighted by atomic mass is 35.5. The molecule has 2 aromatic rings. The Bertz CT molecular complexity index is 672. The number of carbonyl (C=O) groups is 1. The average molecular weight is 314 g/mol. The largest absolute Gasteiger partial charge is 0.391 e. The summed E-state index contributed by atoms with van der Waals surface area (Å²) >= 11 is 7.43. The van der Waals surface area contributed by atoms with Gasteiger partial charge in [0.1, 0.15) is 10.7 Å². The van der Waals surface area contributed by atoms with Crippen LogP contribution in [0.15, 0.2) is 18.2 Å². The van der Waals surface area contributed by atoms with E-state index in [9.17, 15) is 14.3 Å². The molecule has 1 atom stereocenters. The Morgan fingerprint density at radius 1 is 1.50 bits per heavy atom. The SMILES string of the molecule is O=C(c1sc2cc(F)ccc2c1Cl)N1CCC[C@H](O)C1. The Balaban J connectivity index is 1.97. The number of piperidine rings is 1. The van der Waals surface area contributed by atoms with Crippen molar-refractivity contribution in [2.24, 2.45) is 0 Å². The van der Waals surface area contributed by atoms with E-state index in [0.29, 0.717) is 33.1 Å². The summed E-state index contributed by atoms with van der Waals surface area (Å²) in [4.78, 5) is 14.5. The van der Waals surface area contributed by atoms with Crippen LogP contribution in [0.3, 0.4) is 0 Å². The average Bonchev–Trinajstić information content (AvgIpc) is 2.74. The topological polar surface area (TPSA) is 40.5 Å². The Morgan fingerprint density at radius 3 is 3.05 bits per heavy atom. The fraction of sp³-hybridized carbons (Fsp3) is 0.357. The summed E-state index contributed by atoms with van der Waals surface area (Å²) < 4.78 is 13.9. The van der Waals surface area contributed by atoms with Crippen molar-refractivity contribution >= 4 is 38.9 Å². The Morgan fingerprint density at radius 2 is 2.30 bits per heavy atom. The maximum Gasteiger partial charge on any atom is 0.265 e. The Hall–Kier alpha value is -1.17. The molecule has 1 fully saturated rings. The first-order chi connectivity index (χ1) is 9.56. The lowest BCUT2D eigenvalue weighted by atomic mass is 10.1. The summed E-state index contributed by atoms with van der Waals surface area (Å²) in [5.41, 5.74) is 0. The first-order valence-corrected chi connectivity index (χ1v) is 7.60. The smallest absolute Gasteiger partial charge is 0.265 e. The van der Waals surface area contributed by atoms with Gasteiger partial charge in [-0.15, -0.1) is 11.3 Å². The highest BCUT2D eigenvalue weighted by molar-refractivity contribution is 7.21. The van der Waals surface area contributed by atoms with Crippen molar-refractivity contribution in [3.05, 3.63) is 33.9 Å². The number of halogens is 2. The summed E-state index contributed by atoms with van der Waals surface area (Å²) in [5, 5.41) is 10.7. The van der Waals surface area contributed by atoms with Crippen LogP contribution in [0.4, 0.5) is 4.39 Å². The third-order valence-electron chi connectivity index (χ3n) is 3.47. The summed E-state index contributed by atoms with van der Waals surface area (Å²) in [7, 11) is 0. The number of benzene rings is 1. The Labute approximate surface area is 124 Å². The number of β-amino-alcohol motifs (C(OH)–C–C–N with tert-alkyl or cyclic N) is 1. The van der Waals surface area contributed by atoms with E-state index < -0.39 is 6.10 Å². The lowest BCUT2D eigenvalue weighted by Gasteiger charge is -2.29. The molecule has 106 valence electrons. The molecule has 1 aliphatic rings. The van der Waals surface area contributed by atoms with Gasteiger partial charge in [-0.25, -0.2) is 4.39 Å². The molecule has 3 nitrogen and oxygen atoms in total. The van der Waals surface area contributed by atoms with Crippen molar-refractivity contribution in [1.29, 1.82) is 0 Å². The molecule has 1 N–H and O–H groups in total. The van der Waals surface area contributed by atoms with Crippen molar-refractivity contribution in [3.8, 4) is 0 Å². The van der Waals surface area contributed by atoms with Gasteiger partial charge < -0.3 is 10.0 Å². The van der Waals surface area contributed by atoms with Crippen LogP contribution in [0.2, 0.25) is 5.02 Å². The maximum absolute atomic E-state index is 13.2. The van der Waals surface area contributed by atoms with Gasteiger partial charge in [0.15, 0.2) is 0 Å². The van der Waals surface area contributed by atoms with Gasteiger partial charge in [0.2, 0.25) is 0 Å². The van der Waals surface area contributed by atoms with Crippen LogP contribution in [-0.2, 0) is 0 Å². The van der Waals surface area contributed by atoms with Crippen molar-refractivity contribution in [2.45, 2.75) is 18.9 Å². The molecule has 0 bridgehead atoms. The van der Waals surface area contributed by atoms with Gasteiger partial charge in [-0.2, -0.15) is 0 Å². The highest BCUT2D eigenvalue weighted by Gasteiger charge is 2.26. The summed E-state index contributed by atoms with van der Waals surface area (Å²) in [6.07, 6.45) is 1.03. The number of hydrogen-bond acceptors (Lipinski definition) is 3. The molecule has 1 aliphatic heterocycles. The molecule has 6 heteroatoms. The minimum Gasteiger partial charge on any atom is -0.391 e. The van der Waals surface area contributed by atoms with Crippen molar-refractivity contribution in [1.82, 2.24) is 4.90 Å². The van der Waals surface area contributed by atoms with Crippen LogP contribution in [0.5, 0.6) is 0 Å². The maximum atomic E-state index is 13.2. The van der Waals surface area contributed by atoms with Crippen LogP contribution in [0, 0.1) is 5.82 Å². The molecule has 0 radical (unpaired) electrons. The lowest BCUT2D eigenvalue weighted by Crippen LogP contribution is -2.41. The lowest BCUT2D eigenvalue weighted by molar-refractivity contribution is 0.0478. The fourth-order valence-electron chi connectivity index (χ4n) is 2.46. The second-order valence-electron chi connectivity index (χ2n) is 4.93. The standard InChI is InChI=1S/C14H13ClFNO2S/c15-12-10-4-3-8(16)6-11(10)20-13(12)14(19)17-5-1-2-9(18)7-17/h3-4,6,9,18H,1-2,5,7H2/t9-/m0/s1. The number of amides is 1.